The fraction of sp³-hybridized carbons (Fsp3) is 0.796. The molecule has 0 aliphatic carbocycles. The van der Waals surface area contributed by atoms with E-state index >= 15 is 0 Å². The number of hydrogen-bond acceptors (Lipinski definition) is 5. The highest BCUT2D eigenvalue weighted by molar-refractivity contribution is 5.91. The Labute approximate surface area is 345 Å². The van der Waals surface area contributed by atoms with Gasteiger partial charge in [0, 0.05) is 0 Å². The third-order valence-corrected chi connectivity index (χ3v) is 10.9. The molecule has 0 unspecified atom stereocenters. The van der Waals surface area contributed by atoms with Crippen molar-refractivity contribution in [3.63, 3.8) is 0 Å². The highest BCUT2D eigenvalue weighted by Crippen LogP contribution is 2.40. The molecular formula is C49H87N2O5+. The molecule has 0 atom stereocenters. The van der Waals surface area contributed by atoms with Gasteiger partial charge in [-0.1, -0.05) is 194 Å². The number of rotatable bonds is 40. The van der Waals surface area contributed by atoms with Gasteiger partial charge in [-0.3, -0.25) is 0 Å². The minimum atomic E-state index is -0.365. The van der Waals surface area contributed by atoms with Crippen LogP contribution in [0.1, 0.15) is 224 Å². The molecule has 322 valence electrons. The molecule has 0 radical (unpaired) electrons. The van der Waals surface area contributed by atoms with E-state index in [1.54, 1.807) is 0 Å². The Morgan fingerprint density at radius 1 is 0.500 bits per heavy atom. The Bertz CT molecular complexity index is 1150. The number of carbonyl (C=O) groups excluding carboxylic acids is 1. The Kier molecular flexibility index (Phi) is 31.3. The Morgan fingerprint density at radius 2 is 0.857 bits per heavy atom. The second-order valence-corrected chi connectivity index (χ2v) is 16.3. The van der Waals surface area contributed by atoms with Crippen molar-refractivity contribution in [3.8, 4) is 17.2 Å². The van der Waals surface area contributed by atoms with Gasteiger partial charge < -0.3 is 18.9 Å². The zero-order chi connectivity index (χ0) is 40.2. The highest BCUT2D eigenvalue weighted by atomic mass is 16.5. The standard InChI is InChI=1S/C49H87N2O5/c1-5-8-11-14-17-20-23-26-29-32-38-53-46-42-45(49(52)56-41-37-51-36-35-50(4)44-51)43-47(54-39-33-30-27-24-21-18-15-12-9-6-2)48(46)55-40-34-31-28-25-22-19-16-13-10-7-3/h35-36,42-44H,5-34,37-41H2,1-4H3/q+1. The number of aromatic nitrogens is 2. The lowest BCUT2D eigenvalue weighted by molar-refractivity contribution is -0.671. The number of nitrogens with zero attached hydrogens (tertiary/aromatic N) is 2. The lowest BCUT2D eigenvalue weighted by Crippen LogP contribution is -2.24. The number of benzene rings is 1. The molecular weight excluding hydrogens is 697 g/mol. The van der Waals surface area contributed by atoms with Gasteiger partial charge in [0.15, 0.2) is 11.5 Å². The summed E-state index contributed by atoms with van der Waals surface area (Å²) in [6.45, 7) is 9.50. The maximum absolute atomic E-state index is 13.4. The summed E-state index contributed by atoms with van der Waals surface area (Å²) in [4.78, 5) is 13.4. The van der Waals surface area contributed by atoms with Crippen LogP contribution in [0.3, 0.4) is 0 Å². The van der Waals surface area contributed by atoms with Gasteiger partial charge in [-0.05, 0) is 31.4 Å². The van der Waals surface area contributed by atoms with E-state index in [9.17, 15) is 4.79 Å². The zero-order valence-corrected chi connectivity index (χ0v) is 37.1. The number of esters is 1. The average molecular weight is 784 g/mol. The average Bonchev–Trinajstić information content (AvgIpc) is 3.62. The molecule has 2 rings (SSSR count). The van der Waals surface area contributed by atoms with E-state index in [0.717, 1.165) is 38.5 Å². The Morgan fingerprint density at radius 3 is 1.21 bits per heavy atom. The quantitative estimate of drug-likeness (QED) is 0.0383. The molecule has 0 aliphatic rings. The molecule has 7 nitrogen and oxygen atoms in total. The molecule has 2 aromatic rings. The number of ether oxygens (including phenoxy) is 4. The van der Waals surface area contributed by atoms with E-state index in [0.29, 0.717) is 49.2 Å². The first kappa shape index (κ1) is 49.4. The summed E-state index contributed by atoms with van der Waals surface area (Å²) < 4.78 is 29.2. The van der Waals surface area contributed by atoms with Crippen molar-refractivity contribution in [2.75, 3.05) is 26.4 Å². The summed E-state index contributed by atoms with van der Waals surface area (Å²) in [5, 5.41) is 0. The van der Waals surface area contributed by atoms with Gasteiger partial charge in [0.25, 0.3) is 0 Å². The van der Waals surface area contributed by atoms with Crippen LogP contribution in [0, 0.1) is 0 Å². The number of unbranched alkanes of at least 4 members (excludes halogenated alkanes) is 27. The molecule has 0 saturated carbocycles. The van der Waals surface area contributed by atoms with Crippen molar-refractivity contribution in [2.45, 2.75) is 220 Å². The van der Waals surface area contributed by atoms with Crippen molar-refractivity contribution in [3.05, 3.63) is 36.4 Å². The molecule has 0 amide bonds. The predicted molar refractivity (Wildman–Crippen MR) is 234 cm³/mol. The molecule has 0 N–H and O–H groups in total. The predicted octanol–water partition coefficient (Wildman–Crippen LogP) is 14.1. The zero-order valence-electron chi connectivity index (χ0n) is 37.1. The SMILES string of the molecule is CCCCCCCCCCCCOc1cc(C(=O)OCCn2cc[n+](C)c2)cc(OCCCCCCCCCCCC)c1OCCCCCCCCCCCC. The van der Waals surface area contributed by atoms with Crippen LogP contribution in [-0.4, -0.2) is 37.0 Å². The summed E-state index contributed by atoms with van der Waals surface area (Å²) in [5.74, 6) is 1.46. The van der Waals surface area contributed by atoms with Crippen LogP contribution in [0.5, 0.6) is 17.2 Å². The van der Waals surface area contributed by atoms with Crippen LogP contribution in [0.2, 0.25) is 0 Å². The van der Waals surface area contributed by atoms with Gasteiger partial charge >= 0.3 is 5.97 Å². The lowest BCUT2D eigenvalue weighted by atomic mass is 10.1. The topological polar surface area (TPSA) is 62.8 Å². The van der Waals surface area contributed by atoms with E-state index in [4.69, 9.17) is 18.9 Å². The van der Waals surface area contributed by atoms with Gasteiger partial charge in [0.2, 0.25) is 12.1 Å². The van der Waals surface area contributed by atoms with Crippen molar-refractivity contribution < 1.29 is 28.3 Å². The summed E-state index contributed by atoms with van der Waals surface area (Å²) >= 11 is 0. The van der Waals surface area contributed by atoms with E-state index < -0.39 is 0 Å². The summed E-state index contributed by atoms with van der Waals surface area (Å²) in [6.07, 6.45) is 44.2. The third-order valence-electron chi connectivity index (χ3n) is 10.9. The van der Waals surface area contributed by atoms with E-state index in [-0.39, 0.29) is 12.6 Å². The smallest absolute Gasteiger partial charge is 0.338 e. The van der Waals surface area contributed by atoms with Crippen LogP contribution >= 0.6 is 0 Å². The normalized spacial score (nSPS) is 11.3. The third kappa shape index (κ3) is 25.5. The summed E-state index contributed by atoms with van der Waals surface area (Å²) in [5.41, 5.74) is 0.450. The molecule has 0 saturated heterocycles. The second kappa shape index (κ2) is 35.5. The first-order valence-corrected chi connectivity index (χ1v) is 23.8. The van der Waals surface area contributed by atoms with Crippen molar-refractivity contribution in [1.82, 2.24) is 4.57 Å². The van der Waals surface area contributed by atoms with E-state index in [1.165, 1.54) is 154 Å². The van der Waals surface area contributed by atoms with Crippen LogP contribution < -0.4 is 18.8 Å². The van der Waals surface area contributed by atoms with Crippen molar-refractivity contribution in [2.24, 2.45) is 7.05 Å². The van der Waals surface area contributed by atoms with Gasteiger partial charge in [-0.2, -0.15) is 0 Å². The molecule has 0 spiro atoms. The Balaban J connectivity index is 2.02. The first-order valence-electron chi connectivity index (χ1n) is 23.8. The highest BCUT2D eigenvalue weighted by Gasteiger charge is 2.20. The lowest BCUT2D eigenvalue weighted by Gasteiger charge is -2.19. The number of imidazole rings is 1. The molecule has 0 bridgehead atoms. The van der Waals surface area contributed by atoms with E-state index in [2.05, 4.69) is 20.8 Å². The van der Waals surface area contributed by atoms with Crippen LogP contribution in [0.15, 0.2) is 30.9 Å². The molecule has 56 heavy (non-hydrogen) atoms. The number of carbonyl (C=O) groups is 1. The van der Waals surface area contributed by atoms with Gasteiger partial charge in [-0.15, -0.1) is 0 Å². The van der Waals surface area contributed by atoms with Gasteiger partial charge in [-0.25, -0.2) is 13.9 Å². The van der Waals surface area contributed by atoms with Gasteiger partial charge in [0.05, 0.1) is 32.4 Å². The molecule has 1 aromatic heterocycles. The fourth-order valence-electron chi connectivity index (χ4n) is 7.32. The molecule has 0 aliphatic heterocycles. The number of aryl methyl sites for hydroxylation is 1. The maximum Gasteiger partial charge on any atom is 0.338 e. The van der Waals surface area contributed by atoms with Crippen LogP contribution in [0.4, 0.5) is 0 Å². The molecule has 7 heteroatoms. The van der Waals surface area contributed by atoms with Gasteiger partial charge in [0.1, 0.15) is 25.5 Å². The first-order chi connectivity index (χ1) is 27.6. The minimum absolute atomic E-state index is 0.286. The Hall–Kier alpha value is -2.70. The molecule has 1 heterocycles. The largest absolute Gasteiger partial charge is 0.490 e. The van der Waals surface area contributed by atoms with Crippen molar-refractivity contribution in [1.29, 1.82) is 0 Å². The molecule has 0 fully saturated rings. The monoisotopic (exact) mass is 784 g/mol. The van der Waals surface area contributed by atoms with Crippen LogP contribution in [0.25, 0.3) is 0 Å². The second-order valence-electron chi connectivity index (χ2n) is 16.3. The number of hydrogen-bond donors (Lipinski definition) is 0. The van der Waals surface area contributed by atoms with E-state index in [1.807, 2.05) is 47.0 Å². The molecule has 1 aromatic carbocycles. The summed E-state index contributed by atoms with van der Waals surface area (Å²) in [6, 6.07) is 3.63. The maximum atomic E-state index is 13.4. The summed E-state index contributed by atoms with van der Waals surface area (Å²) in [7, 11) is 1.98. The fourth-order valence-corrected chi connectivity index (χ4v) is 7.32. The minimum Gasteiger partial charge on any atom is -0.490 e. The van der Waals surface area contributed by atoms with Crippen LogP contribution in [-0.2, 0) is 18.3 Å². The van der Waals surface area contributed by atoms with Crippen molar-refractivity contribution >= 4 is 5.97 Å².